The van der Waals surface area contributed by atoms with Crippen molar-refractivity contribution in [3.8, 4) is 5.75 Å². The minimum Gasteiger partial charge on any atom is -0.493 e. The first-order chi connectivity index (χ1) is 6.07. The maximum absolute atomic E-state index is 13.5. The Morgan fingerprint density at radius 1 is 1.38 bits per heavy atom. The molecule has 13 heavy (non-hydrogen) atoms. The molecule has 0 atom stereocenters. The minimum atomic E-state index is -0.325. The smallest absolute Gasteiger partial charge is 0.179 e. The molecule has 1 aromatic rings. The summed E-state index contributed by atoms with van der Waals surface area (Å²) in [5.74, 6) is 0.274. The molecule has 0 aliphatic rings. The summed E-state index contributed by atoms with van der Waals surface area (Å²) in [6.07, 6.45) is 0. The molecule has 0 saturated carbocycles. The average Bonchev–Trinajstić information content (AvgIpc) is 2.09. The van der Waals surface area contributed by atoms with Gasteiger partial charge in [0.1, 0.15) is 0 Å². The van der Waals surface area contributed by atoms with Gasteiger partial charge in [-0.25, -0.2) is 4.39 Å². The van der Waals surface area contributed by atoms with Crippen LogP contribution >= 0.6 is 15.9 Å². The molecule has 1 rings (SSSR count). The number of hydrogen-bond acceptors (Lipinski definition) is 1. The van der Waals surface area contributed by atoms with Crippen LogP contribution in [0.5, 0.6) is 5.75 Å². The third-order valence-corrected chi connectivity index (χ3v) is 2.52. The van der Waals surface area contributed by atoms with Crippen LogP contribution in [0.2, 0.25) is 0 Å². The van der Waals surface area contributed by atoms with Crippen LogP contribution in [0.1, 0.15) is 25.3 Å². The third-order valence-electron chi connectivity index (χ3n) is 1.91. The van der Waals surface area contributed by atoms with E-state index in [-0.39, 0.29) is 11.7 Å². The van der Waals surface area contributed by atoms with E-state index in [2.05, 4.69) is 15.9 Å². The van der Waals surface area contributed by atoms with Crippen LogP contribution in [-0.2, 0) is 0 Å². The van der Waals surface area contributed by atoms with Crippen molar-refractivity contribution in [2.24, 2.45) is 0 Å². The lowest BCUT2D eigenvalue weighted by molar-refractivity contribution is 0.378. The Hall–Kier alpha value is -0.570. The molecule has 0 saturated heterocycles. The van der Waals surface area contributed by atoms with Crippen LogP contribution < -0.4 is 4.74 Å². The molecule has 0 N–H and O–H groups in total. The summed E-state index contributed by atoms with van der Waals surface area (Å²) >= 11 is 3.12. The predicted octanol–water partition coefficient (Wildman–Crippen LogP) is 3.72. The zero-order valence-corrected chi connectivity index (χ0v) is 9.48. The molecule has 1 nitrogen and oxygen atoms in total. The fraction of sp³-hybridized carbons (Fsp3) is 0.400. The Bertz CT molecular complexity index is 310. The molecule has 0 aromatic heterocycles. The van der Waals surface area contributed by atoms with Crippen LogP contribution in [0, 0.1) is 5.82 Å². The van der Waals surface area contributed by atoms with Gasteiger partial charge in [0, 0.05) is 0 Å². The topological polar surface area (TPSA) is 9.23 Å². The second kappa shape index (κ2) is 4.09. The molecule has 0 heterocycles. The highest BCUT2D eigenvalue weighted by Gasteiger charge is 2.14. The highest BCUT2D eigenvalue weighted by Crippen LogP contribution is 2.33. The first-order valence-corrected chi connectivity index (χ1v) is 4.89. The van der Waals surface area contributed by atoms with E-state index in [0.29, 0.717) is 10.2 Å². The summed E-state index contributed by atoms with van der Waals surface area (Å²) in [6, 6.07) is 3.57. The van der Waals surface area contributed by atoms with Gasteiger partial charge in [0.2, 0.25) is 0 Å². The maximum atomic E-state index is 13.5. The van der Waals surface area contributed by atoms with E-state index in [9.17, 15) is 4.39 Å². The van der Waals surface area contributed by atoms with Crippen molar-refractivity contribution in [2.45, 2.75) is 19.8 Å². The van der Waals surface area contributed by atoms with Gasteiger partial charge in [0.05, 0.1) is 11.6 Å². The molecule has 0 aliphatic heterocycles. The Morgan fingerprint density at radius 3 is 2.46 bits per heavy atom. The van der Waals surface area contributed by atoms with Crippen LogP contribution in [0.3, 0.4) is 0 Å². The third kappa shape index (κ3) is 2.02. The molecule has 0 unspecified atom stereocenters. The van der Waals surface area contributed by atoms with Crippen LogP contribution in [0.25, 0.3) is 0 Å². The molecular weight excluding hydrogens is 235 g/mol. The van der Waals surface area contributed by atoms with Crippen molar-refractivity contribution in [3.63, 3.8) is 0 Å². The molecule has 0 bridgehead atoms. The molecule has 0 aliphatic carbocycles. The molecule has 0 spiro atoms. The molecule has 3 heteroatoms. The van der Waals surface area contributed by atoms with E-state index < -0.39 is 0 Å². The lowest BCUT2D eigenvalue weighted by Gasteiger charge is -2.12. The van der Waals surface area contributed by atoms with Crippen LogP contribution in [0.4, 0.5) is 4.39 Å². The van der Waals surface area contributed by atoms with Crippen molar-refractivity contribution >= 4 is 15.9 Å². The van der Waals surface area contributed by atoms with Gasteiger partial charge >= 0.3 is 0 Å². The first kappa shape index (κ1) is 10.5. The summed E-state index contributed by atoms with van der Waals surface area (Å²) in [5, 5.41) is 0. The highest BCUT2D eigenvalue weighted by molar-refractivity contribution is 9.10. The van der Waals surface area contributed by atoms with Crippen LogP contribution in [-0.4, -0.2) is 7.11 Å². The number of ether oxygens (including phenoxy) is 1. The monoisotopic (exact) mass is 246 g/mol. The van der Waals surface area contributed by atoms with E-state index in [4.69, 9.17) is 4.74 Å². The molecule has 0 amide bonds. The molecule has 0 fully saturated rings. The summed E-state index contributed by atoms with van der Waals surface area (Å²) < 4.78 is 18.9. The van der Waals surface area contributed by atoms with Gasteiger partial charge in [-0.05, 0) is 33.5 Å². The van der Waals surface area contributed by atoms with E-state index in [1.54, 1.807) is 6.07 Å². The molecule has 1 aromatic carbocycles. The van der Waals surface area contributed by atoms with Gasteiger partial charge < -0.3 is 4.74 Å². The zero-order valence-electron chi connectivity index (χ0n) is 7.90. The standard InChI is InChI=1S/C10H12BrFO/c1-6(2)7-4-5-8(11)9(12)10(7)13-3/h4-6H,1-3H3. The van der Waals surface area contributed by atoms with Gasteiger partial charge in [0.25, 0.3) is 0 Å². The molecule has 72 valence electrons. The van der Waals surface area contributed by atoms with Crippen LogP contribution in [0.15, 0.2) is 16.6 Å². The van der Waals surface area contributed by atoms with Crippen molar-refractivity contribution in [3.05, 3.63) is 28.0 Å². The number of hydrogen-bond donors (Lipinski definition) is 0. The number of halogens is 2. The van der Waals surface area contributed by atoms with E-state index in [1.165, 1.54) is 7.11 Å². The lowest BCUT2D eigenvalue weighted by atomic mass is 10.0. The Kier molecular flexibility index (Phi) is 3.31. The van der Waals surface area contributed by atoms with Crippen molar-refractivity contribution in [1.82, 2.24) is 0 Å². The van der Waals surface area contributed by atoms with Crippen molar-refractivity contribution in [2.75, 3.05) is 7.11 Å². The van der Waals surface area contributed by atoms with E-state index in [1.807, 2.05) is 19.9 Å². The van der Waals surface area contributed by atoms with Crippen molar-refractivity contribution < 1.29 is 9.13 Å². The van der Waals surface area contributed by atoms with Gasteiger partial charge in [0.15, 0.2) is 11.6 Å². The predicted molar refractivity (Wildman–Crippen MR) is 54.7 cm³/mol. The Balaban J connectivity index is 3.30. The summed E-state index contributed by atoms with van der Waals surface area (Å²) in [5.41, 5.74) is 0.892. The van der Waals surface area contributed by atoms with Gasteiger partial charge in [-0.15, -0.1) is 0 Å². The second-order valence-corrected chi connectivity index (χ2v) is 3.99. The normalized spacial score (nSPS) is 10.6. The zero-order chi connectivity index (χ0) is 10.0. The highest BCUT2D eigenvalue weighted by atomic mass is 79.9. The van der Waals surface area contributed by atoms with Crippen molar-refractivity contribution in [1.29, 1.82) is 0 Å². The number of rotatable bonds is 2. The Morgan fingerprint density at radius 2 is 2.00 bits per heavy atom. The fourth-order valence-electron chi connectivity index (χ4n) is 1.21. The number of methoxy groups -OCH3 is 1. The fourth-order valence-corrected chi connectivity index (χ4v) is 1.52. The van der Waals surface area contributed by atoms with E-state index in [0.717, 1.165) is 5.56 Å². The lowest BCUT2D eigenvalue weighted by Crippen LogP contribution is -1.97. The van der Waals surface area contributed by atoms with Gasteiger partial charge in [-0.1, -0.05) is 19.9 Å². The summed E-state index contributed by atoms with van der Waals surface area (Å²) in [6.45, 7) is 4.01. The minimum absolute atomic E-state index is 0.262. The van der Waals surface area contributed by atoms with Gasteiger partial charge in [-0.3, -0.25) is 0 Å². The Labute approximate surface area is 86.0 Å². The molecule has 0 radical (unpaired) electrons. The maximum Gasteiger partial charge on any atom is 0.179 e. The summed E-state index contributed by atoms with van der Waals surface area (Å²) in [7, 11) is 1.48. The largest absolute Gasteiger partial charge is 0.493 e. The molecular formula is C10H12BrFO. The SMILES string of the molecule is COc1c(C(C)C)ccc(Br)c1F. The average molecular weight is 247 g/mol. The summed E-state index contributed by atoms with van der Waals surface area (Å²) in [4.78, 5) is 0. The second-order valence-electron chi connectivity index (χ2n) is 3.14. The van der Waals surface area contributed by atoms with Gasteiger partial charge in [-0.2, -0.15) is 0 Å². The van der Waals surface area contributed by atoms with E-state index >= 15 is 0 Å². The number of benzene rings is 1. The quantitative estimate of drug-likeness (QED) is 0.773. The first-order valence-electron chi connectivity index (χ1n) is 4.09.